The lowest BCUT2D eigenvalue weighted by atomic mass is 10.1. The fraction of sp³-hybridized carbons (Fsp3) is 0.320. The van der Waals surface area contributed by atoms with Crippen molar-refractivity contribution in [1.29, 1.82) is 0 Å². The van der Waals surface area contributed by atoms with Crippen molar-refractivity contribution in [1.82, 2.24) is 4.98 Å². The van der Waals surface area contributed by atoms with Crippen molar-refractivity contribution >= 4 is 12.2 Å². The van der Waals surface area contributed by atoms with Crippen LogP contribution in [0.3, 0.4) is 0 Å². The normalized spacial score (nSPS) is 12.0. The molecular formula is C25H28N2O5. The Morgan fingerprint density at radius 1 is 1.12 bits per heavy atom. The second-order valence-corrected chi connectivity index (χ2v) is 7.33. The number of ether oxygens (including phenoxy) is 2. The Hall–Kier alpha value is -3.61. The minimum absolute atomic E-state index is 0.0489. The average Bonchev–Trinajstić information content (AvgIpc) is 3.17. The van der Waals surface area contributed by atoms with E-state index in [4.69, 9.17) is 18.7 Å². The molecule has 0 spiro atoms. The van der Waals surface area contributed by atoms with Gasteiger partial charge in [0.25, 0.3) is 0 Å². The predicted octanol–water partition coefficient (Wildman–Crippen LogP) is 5.32. The number of carbonyl (C=O) groups is 1. The number of hydrogen-bond donors (Lipinski definition) is 0. The number of carbonyl (C=O) groups excluding carboxylic acids is 1. The third-order valence-corrected chi connectivity index (χ3v) is 4.63. The first kappa shape index (κ1) is 23.1. The van der Waals surface area contributed by atoms with Gasteiger partial charge in [0.15, 0.2) is 0 Å². The van der Waals surface area contributed by atoms with Crippen LogP contribution in [-0.4, -0.2) is 23.8 Å². The zero-order valence-electron chi connectivity index (χ0n) is 18.6. The van der Waals surface area contributed by atoms with Crippen molar-refractivity contribution in [3.8, 4) is 17.2 Å². The fourth-order valence-electron chi connectivity index (χ4n) is 2.89. The largest absolute Gasteiger partial charge is 0.487 e. The highest BCUT2D eigenvalue weighted by molar-refractivity contribution is 5.74. The van der Waals surface area contributed by atoms with Crippen LogP contribution in [0.2, 0.25) is 0 Å². The van der Waals surface area contributed by atoms with Gasteiger partial charge in [-0.2, -0.15) is 0 Å². The molecule has 7 heteroatoms. The lowest BCUT2D eigenvalue weighted by Crippen LogP contribution is -2.10. The van der Waals surface area contributed by atoms with E-state index in [0.717, 1.165) is 28.3 Å². The van der Waals surface area contributed by atoms with Crippen LogP contribution in [0, 0.1) is 12.8 Å². The molecule has 32 heavy (non-hydrogen) atoms. The van der Waals surface area contributed by atoms with Crippen molar-refractivity contribution < 1.29 is 23.5 Å². The lowest BCUT2D eigenvalue weighted by molar-refractivity contribution is -0.143. The van der Waals surface area contributed by atoms with Crippen molar-refractivity contribution in [3.05, 3.63) is 71.6 Å². The summed E-state index contributed by atoms with van der Waals surface area (Å²) in [5, 5.41) is 3.93. The van der Waals surface area contributed by atoms with Crippen LogP contribution in [0.5, 0.6) is 5.75 Å². The van der Waals surface area contributed by atoms with Crippen LogP contribution >= 0.6 is 0 Å². The smallest absolute Gasteiger partial charge is 0.306 e. The molecule has 0 aliphatic rings. The van der Waals surface area contributed by atoms with Crippen molar-refractivity contribution in [3.63, 3.8) is 0 Å². The molecule has 3 rings (SSSR count). The molecule has 0 amide bonds. The van der Waals surface area contributed by atoms with Crippen LogP contribution in [0.4, 0.5) is 0 Å². The third-order valence-electron chi connectivity index (χ3n) is 4.63. The molecule has 0 saturated carbocycles. The Kier molecular flexibility index (Phi) is 8.43. The van der Waals surface area contributed by atoms with Gasteiger partial charge >= 0.3 is 5.97 Å². The highest BCUT2D eigenvalue weighted by Crippen LogP contribution is 2.22. The summed E-state index contributed by atoms with van der Waals surface area (Å²) in [6.45, 7) is 6.58. The summed E-state index contributed by atoms with van der Waals surface area (Å²) >= 11 is 0. The standard InChI is InChI=1S/C25H28N2O5/c1-4-29-24(28)14-18(2)15-26-31-16-20-10-12-22(13-11-20)30-17-23-19(3)32-25(27-23)21-8-6-5-7-9-21/h5-13,15,18H,4,14,16-17H2,1-3H3/b26-15+. The Labute approximate surface area is 188 Å². The van der Waals surface area contributed by atoms with Gasteiger partial charge in [0, 0.05) is 17.7 Å². The highest BCUT2D eigenvalue weighted by atomic mass is 16.6. The maximum Gasteiger partial charge on any atom is 0.306 e. The molecule has 2 aromatic carbocycles. The van der Waals surface area contributed by atoms with E-state index in [9.17, 15) is 4.79 Å². The molecular weight excluding hydrogens is 408 g/mol. The molecule has 168 valence electrons. The van der Waals surface area contributed by atoms with E-state index in [1.54, 1.807) is 13.1 Å². The van der Waals surface area contributed by atoms with E-state index in [0.29, 0.717) is 25.7 Å². The first-order valence-corrected chi connectivity index (χ1v) is 10.6. The van der Waals surface area contributed by atoms with Gasteiger partial charge in [-0.05, 0) is 43.7 Å². The maximum atomic E-state index is 11.4. The average molecular weight is 437 g/mol. The van der Waals surface area contributed by atoms with Crippen LogP contribution in [0.25, 0.3) is 11.5 Å². The monoisotopic (exact) mass is 436 g/mol. The number of rotatable bonds is 11. The quantitative estimate of drug-likeness (QED) is 0.230. The van der Waals surface area contributed by atoms with Crippen LogP contribution in [-0.2, 0) is 27.6 Å². The van der Waals surface area contributed by atoms with Gasteiger partial charge in [-0.3, -0.25) is 4.79 Å². The molecule has 0 N–H and O–H groups in total. The summed E-state index contributed by atoms with van der Waals surface area (Å²) in [6.07, 6.45) is 1.89. The minimum Gasteiger partial charge on any atom is -0.487 e. The lowest BCUT2D eigenvalue weighted by Gasteiger charge is -2.06. The van der Waals surface area contributed by atoms with Gasteiger partial charge in [-0.15, -0.1) is 0 Å². The number of aryl methyl sites for hydroxylation is 1. The molecule has 7 nitrogen and oxygen atoms in total. The number of esters is 1. The van der Waals surface area contributed by atoms with E-state index >= 15 is 0 Å². The number of oxazole rings is 1. The first-order valence-electron chi connectivity index (χ1n) is 10.6. The SMILES string of the molecule is CCOC(=O)CC(C)/C=N/OCc1ccc(OCc2nc(-c3ccccc3)oc2C)cc1. The third kappa shape index (κ3) is 6.97. The van der Waals surface area contributed by atoms with Crippen LogP contribution < -0.4 is 4.74 Å². The molecule has 3 aromatic rings. The van der Waals surface area contributed by atoms with Gasteiger partial charge in [0.1, 0.15) is 30.4 Å². The Balaban J connectivity index is 1.45. The Morgan fingerprint density at radius 3 is 2.59 bits per heavy atom. The second-order valence-electron chi connectivity index (χ2n) is 7.33. The number of aromatic nitrogens is 1. The molecule has 1 atom stereocenters. The Bertz CT molecular complexity index is 1010. The van der Waals surface area contributed by atoms with Crippen molar-refractivity contribution in [2.24, 2.45) is 11.1 Å². The van der Waals surface area contributed by atoms with Crippen LogP contribution in [0.15, 0.2) is 64.2 Å². The number of benzene rings is 2. The van der Waals surface area contributed by atoms with Gasteiger partial charge in [-0.25, -0.2) is 4.98 Å². The number of hydrogen-bond acceptors (Lipinski definition) is 7. The van der Waals surface area contributed by atoms with E-state index < -0.39 is 0 Å². The van der Waals surface area contributed by atoms with E-state index in [2.05, 4.69) is 10.1 Å². The predicted molar refractivity (Wildman–Crippen MR) is 121 cm³/mol. The molecule has 0 aliphatic carbocycles. The topological polar surface area (TPSA) is 83.2 Å². The second kappa shape index (κ2) is 11.7. The molecule has 0 aliphatic heterocycles. The van der Waals surface area contributed by atoms with Crippen molar-refractivity contribution in [2.45, 2.75) is 40.4 Å². The molecule has 0 saturated heterocycles. The molecule has 0 fully saturated rings. The minimum atomic E-state index is -0.237. The fourth-order valence-corrected chi connectivity index (χ4v) is 2.89. The first-order chi connectivity index (χ1) is 15.5. The summed E-state index contributed by atoms with van der Waals surface area (Å²) in [4.78, 5) is 21.3. The van der Waals surface area contributed by atoms with E-state index in [1.165, 1.54) is 0 Å². The highest BCUT2D eigenvalue weighted by Gasteiger charge is 2.12. The van der Waals surface area contributed by atoms with E-state index in [-0.39, 0.29) is 18.3 Å². The molecule has 1 unspecified atom stereocenters. The number of nitrogens with zero attached hydrogens (tertiary/aromatic N) is 2. The van der Waals surface area contributed by atoms with E-state index in [1.807, 2.05) is 68.4 Å². The summed E-state index contributed by atoms with van der Waals surface area (Å²) in [5.74, 6) is 1.77. The van der Waals surface area contributed by atoms with Crippen LogP contribution in [0.1, 0.15) is 37.3 Å². The summed E-state index contributed by atoms with van der Waals surface area (Å²) in [5.41, 5.74) is 2.66. The maximum absolute atomic E-state index is 11.4. The van der Waals surface area contributed by atoms with Gasteiger partial charge < -0.3 is 18.7 Å². The molecule has 0 bridgehead atoms. The van der Waals surface area contributed by atoms with Gasteiger partial charge in [0.2, 0.25) is 5.89 Å². The Morgan fingerprint density at radius 2 is 1.88 bits per heavy atom. The summed E-state index contributed by atoms with van der Waals surface area (Å²) < 4.78 is 16.5. The summed E-state index contributed by atoms with van der Waals surface area (Å²) in [7, 11) is 0. The summed E-state index contributed by atoms with van der Waals surface area (Å²) in [6, 6.07) is 17.4. The van der Waals surface area contributed by atoms with Gasteiger partial charge in [0.05, 0.1) is 13.0 Å². The number of oxime groups is 1. The molecule has 1 heterocycles. The van der Waals surface area contributed by atoms with Gasteiger partial charge in [-0.1, -0.05) is 42.4 Å². The molecule has 1 aromatic heterocycles. The van der Waals surface area contributed by atoms with Crippen molar-refractivity contribution in [2.75, 3.05) is 6.61 Å². The zero-order valence-corrected chi connectivity index (χ0v) is 18.6. The molecule has 0 radical (unpaired) electrons. The zero-order chi connectivity index (χ0) is 22.8.